The van der Waals surface area contributed by atoms with Gasteiger partial charge >= 0.3 is 0 Å². The Bertz CT molecular complexity index is 811. The normalized spacial score (nSPS) is 25.5. The lowest BCUT2D eigenvalue weighted by atomic mass is 9.65. The zero-order chi connectivity index (χ0) is 17.5. The molecule has 1 amide bonds. The molecule has 1 aliphatic rings. The highest BCUT2D eigenvalue weighted by atomic mass is 16.4. The van der Waals surface area contributed by atoms with Crippen LogP contribution in [-0.4, -0.2) is 11.9 Å². The van der Waals surface area contributed by atoms with E-state index in [9.17, 15) is 14.7 Å². The SMILES string of the molecule is CC1(C)[C@@H](C(=O)Nc2ccc3ccccc3c2)CC[C@]1(C)C(=O)[O-]. The molecule has 2 aromatic rings. The van der Waals surface area contributed by atoms with Crippen molar-refractivity contribution in [2.75, 3.05) is 5.32 Å². The standard InChI is InChI=1S/C20H23NO3/c1-19(2)16(10-11-20(19,3)18(23)24)17(22)21-15-9-8-13-6-4-5-7-14(13)12-15/h4-9,12,16H,10-11H2,1-3H3,(H,21,22)(H,23,24)/p-1/t16-,20-/m1/s1. The van der Waals surface area contributed by atoms with Gasteiger partial charge in [0, 0.05) is 23.0 Å². The Morgan fingerprint density at radius 2 is 1.75 bits per heavy atom. The highest BCUT2D eigenvalue weighted by molar-refractivity contribution is 5.96. The number of benzene rings is 2. The molecule has 2 aromatic carbocycles. The molecule has 2 atom stereocenters. The summed E-state index contributed by atoms with van der Waals surface area (Å²) in [7, 11) is 0. The van der Waals surface area contributed by atoms with E-state index < -0.39 is 16.8 Å². The summed E-state index contributed by atoms with van der Waals surface area (Å²) in [5.74, 6) is -1.55. The molecule has 0 aliphatic heterocycles. The molecule has 1 aliphatic carbocycles. The van der Waals surface area contributed by atoms with E-state index >= 15 is 0 Å². The van der Waals surface area contributed by atoms with Crippen LogP contribution in [0.4, 0.5) is 5.69 Å². The molecule has 0 aromatic heterocycles. The van der Waals surface area contributed by atoms with Gasteiger partial charge in [-0.15, -0.1) is 0 Å². The van der Waals surface area contributed by atoms with E-state index in [1.807, 2.05) is 56.3 Å². The van der Waals surface area contributed by atoms with Crippen molar-refractivity contribution in [3.63, 3.8) is 0 Å². The lowest BCUT2D eigenvalue weighted by Gasteiger charge is -2.41. The quantitative estimate of drug-likeness (QED) is 0.943. The number of nitrogens with one attached hydrogen (secondary N) is 1. The molecule has 0 spiro atoms. The van der Waals surface area contributed by atoms with Crippen LogP contribution in [0.1, 0.15) is 33.6 Å². The van der Waals surface area contributed by atoms with E-state index in [0.717, 1.165) is 16.5 Å². The lowest BCUT2D eigenvalue weighted by molar-refractivity contribution is -0.323. The number of amides is 1. The van der Waals surface area contributed by atoms with Gasteiger partial charge in [0.2, 0.25) is 5.91 Å². The van der Waals surface area contributed by atoms with Gasteiger partial charge in [-0.2, -0.15) is 0 Å². The van der Waals surface area contributed by atoms with Crippen molar-refractivity contribution in [3.05, 3.63) is 42.5 Å². The van der Waals surface area contributed by atoms with Crippen LogP contribution >= 0.6 is 0 Å². The summed E-state index contributed by atoms with van der Waals surface area (Å²) in [4.78, 5) is 24.3. The Hall–Kier alpha value is -2.36. The lowest BCUT2D eigenvalue weighted by Crippen LogP contribution is -2.49. The van der Waals surface area contributed by atoms with Crippen LogP contribution in [0.3, 0.4) is 0 Å². The molecule has 0 unspecified atom stereocenters. The highest BCUT2D eigenvalue weighted by Crippen LogP contribution is 2.55. The molecule has 1 N–H and O–H groups in total. The van der Waals surface area contributed by atoms with Gasteiger partial charge in [0.15, 0.2) is 0 Å². The third kappa shape index (κ3) is 2.46. The highest BCUT2D eigenvalue weighted by Gasteiger charge is 2.54. The smallest absolute Gasteiger partial charge is 0.228 e. The van der Waals surface area contributed by atoms with Crippen molar-refractivity contribution in [3.8, 4) is 0 Å². The number of fused-ring (bicyclic) bond motifs is 1. The first kappa shape index (κ1) is 16.5. The minimum atomic E-state index is -1.08. The molecule has 0 heterocycles. The third-order valence-electron chi connectivity index (χ3n) is 6.01. The number of rotatable bonds is 3. The maximum atomic E-state index is 12.8. The zero-order valence-electron chi connectivity index (χ0n) is 14.3. The number of carbonyl (C=O) groups is 2. The fourth-order valence-corrected chi connectivity index (χ4v) is 3.82. The van der Waals surface area contributed by atoms with E-state index in [4.69, 9.17) is 0 Å². The fourth-order valence-electron chi connectivity index (χ4n) is 3.82. The third-order valence-corrected chi connectivity index (χ3v) is 6.01. The van der Waals surface area contributed by atoms with Crippen molar-refractivity contribution in [2.45, 2.75) is 33.6 Å². The Balaban J connectivity index is 1.83. The van der Waals surface area contributed by atoms with E-state index in [1.54, 1.807) is 6.92 Å². The first-order chi connectivity index (χ1) is 11.3. The Kier molecular flexibility index (Phi) is 3.86. The average molecular weight is 324 g/mol. The Labute approximate surface area is 141 Å². The first-order valence-electron chi connectivity index (χ1n) is 8.27. The average Bonchev–Trinajstić information content (AvgIpc) is 2.78. The first-order valence-corrected chi connectivity index (χ1v) is 8.27. The minimum absolute atomic E-state index is 0.125. The van der Waals surface area contributed by atoms with Gasteiger partial charge < -0.3 is 15.2 Å². The van der Waals surface area contributed by atoms with Gasteiger partial charge in [0.1, 0.15) is 0 Å². The topological polar surface area (TPSA) is 69.2 Å². The van der Waals surface area contributed by atoms with Crippen LogP contribution in [0.5, 0.6) is 0 Å². The summed E-state index contributed by atoms with van der Waals surface area (Å²) in [6.07, 6.45) is 1.01. The summed E-state index contributed by atoms with van der Waals surface area (Å²) in [6.45, 7) is 5.38. The van der Waals surface area contributed by atoms with Crippen molar-refractivity contribution < 1.29 is 14.7 Å². The maximum absolute atomic E-state index is 12.8. The molecule has 0 bridgehead atoms. The van der Waals surface area contributed by atoms with Gasteiger partial charge in [-0.1, -0.05) is 51.1 Å². The molecule has 3 rings (SSSR count). The monoisotopic (exact) mass is 324 g/mol. The number of hydrogen-bond donors (Lipinski definition) is 1. The van der Waals surface area contributed by atoms with Crippen molar-refractivity contribution in [1.82, 2.24) is 0 Å². The molecule has 1 saturated carbocycles. The largest absolute Gasteiger partial charge is 0.550 e. The number of aliphatic carboxylic acids is 1. The predicted molar refractivity (Wildman–Crippen MR) is 92.2 cm³/mol. The van der Waals surface area contributed by atoms with Gasteiger partial charge in [-0.05, 0) is 41.2 Å². The molecule has 0 saturated heterocycles. The summed E-state index contributed by atoms with van der Waals surface area (Å²) >= 11 is 0. The van der Waals surface area contributed by atoms with Crippen LogP contribution in [0, 0.1) is 16.7 Å². The maximum Gasteiger partial charge on any atom is 0.228 e. The Morgan fingerprint density at radius 1 is 1.08 bits per heavy atom. The molecule has 24 heavy (non-hydrogen) atoms. The van der Waals surface area contributed by atoms with Crippen LogP contribution in [0.2, 0.25) is 0 Å². The van der Waals surface area contributed by atoms with Gasteiger partial charge in [-0.3, -0.25) is 4.79 Å². The number of hydrogen-bond acceptors (Lipinski definition) is 3. The predicted octanol–water partition coefficient (Wildman–Crippen LogP) is 2.97. The van der Waals surface area contributed by atoms with Crippen LogP contribution in [-0.2, 0) is 9.59 Å². The van der Waals surface area contributed by atoms with Crippen LogP contribution in [0.25, 0.3) is 10.8 Å². The van der Waals surface area contributed by atoms with E-state index in [-0.39, 0.29) is 11.8 Å². The van der Waals surface area contributed by atoms with Crippen LogP contribution < -0.4 is 10.4 Å². The summed E-state index contributed by atoms with van der Waals surface area (Å²) in [6, 6.07) is 13.7. The number of carbonyl (C=O) groups excluding carboxylic acids is 2. The summed E-state index contributed by atoms with van der Waals surface area (Å²) < 4.78 is 0. The molecule has 4 nitrogen and oxygen atoms in total. The van der Waals surface area contributed by atoms with E-state index in [0.29, 0.717) is 12.8 Å². The molecule has 4 heteroatoms. The second kappa shape index (κ2) is 5.62. The molecular formula is C20H22NO3-. The molecule has 126 valence electrons. The Morgan fingerprint density at radius 3 is 2.38 bits per heavy atom. The summed E-state index contributed by atoms with van der Waals surface area (Å²) in [5, 5.41) is 16.7. The minimum Gasteiger partial charge on any atom is -0.550 e. The number of anilines is 1. The van der Waals surface area contributed by atoms with E-state index in [2.05, 4.69) is 5.32 Å². The zero-order valence-corrected chi connectivity index (χ0v) is 14.3. The summed E-state index contributed by atoms with van der Waals surface area (Å²) in [5.41, 5.74) is -0.915. The van der Waals surface area contributed by atoms with Crippen LogP contribution in [0.15, 0.2) is 42.5 Å². The molecule has 0 radical (unpaired) electrons. The van der Waals surface area contributed by atoms with Crippen molar-refractivity contribution in [1.29, 1.82) is 0 Å². The van der Waals surface area contributed by atoms with Gasteiger partial charge in [0.05, 0.1) is 0 Å². The molecular weight excluding hydrogens is 302 g/mol. The van der Waals surface area contributed by atoms with Gasteiger partial charge in [-0.25, -0.2) is 0 Å². The fraction of sp³-hybridized carbons (Fsp3) is 0.400. The number of carboxylic acids is 1. The number of carboxylic acid groups (broad SMARTS) is 1. The second-order valence-electron chi connectivity index (χ2n) is 7.48. The second-order valence-corrected chi connectivity index (χ2v) is 7.48. The van der Waals surface area contributed by atoms with Crippen molar-refractivity contribution in [2.24, 2.45) is 16.7 Å². The van der Waals surface area contributed by atoms with Gasteiger partial charge in [0.25, 0.3) is 0 Å². The van der Waals surface area contributed by atoms with E-state index in [1.165, 1.54) is 0 Å². The molecule has 1 fully saturated rings. The van der Waals surface area contributed by atoms with Crippen molar-refractivity contribution >= 4 is 28.3 Å².